The van der Waals surface area contributed by atoms with Crippen molar-refractivity contribution < 1.29 is 9.84 Å². The van der Waals surface area contributed by atoms with Crippen LogP contribution in [0.3, 0.4) is 0 Å². The number of methoxy groups -OCH3 is 1. The molecule has 0 bridgehead atoms. The van der Waals surface area contributed by atoms with Crippen LogP contribution in [0.25, 0.3) is 10.8 Å². The van der Waals surface area contributed by atoms with Crippen molar-refractivity contribution in [1.82, 2.24) is 0 Å². The molecule has 0 spiro atoms. The van der Waals surface area contributed by atoms with E-state index in [4.69, 9.17) is 16.3 Å². The maximum atomic E-state index is 9.79. The standard InChI is InChI=1S/C13H13ClO2/c1-16-10-5-6-11-9(7-10)3-2-4-12(11)13(15)8-14/h2-7,13,15H,8H2,1H3/t13-/m1/s1. The Labute approximate surface area is 99.4 Å². The summed E-state index contributed by atoms with van der Waals surface area (Å²) >= 11 is 5.67. The first kappa shape index (κ1) is 11.2. The molecule has 0 amide bonds. The molecule has 16 heavy (non-hydrogen) atoms. The topological polar surface area (TPSA) is 29.5 Å². The van der Waals surface area contributed by atoms with Crippen LogP contribution in [-0.2, 0) is 0 Å². The van der Waals surface area contributed by atoms with Gasteiger partial charge >= 0.3 is 0 Å². The zero-order valence-corrected chi connectivity index (χ0v) is 9.74. The van der Waals surface area contributed by atoms with E-state index in [1.165, 1.54) is 0 Å². The van der Waals surface area contributed by atoms with Gasteiger partial charge in [0, 0.05) is 0 Å². The molecular weight excluding hydrogens is 224 g/mol. The molecule has 2 aromatic rings. The molecule has 0 saturated heterocycles. The van der Waals surface area contributed by atoms with Crippen LogP contribution < -0.4 is 4.74 Å². The average Bonchev–Trinajstić information content (AvgIpc) is 2.36. The first-order valence-corrected chi connectivity index (χ1v) is 5.60. The average molecular weight is 237 g/mol. The van der Waals surface area contributed by atoms with Gasteiger partial charge in [-0.3, -0.25) is 0 Å². The molecule has 2 aromatic carbocycles. The minimum Gasteiger partial charge on any atom is -0.497 e. The summed E-state index contributed by atoms with van der Waals surface area (Å²) in [6.07, 6.45) is -0.626. The van der Waals surface area contributed by atoms with Gasteiger partial charge in [-0.25, -0.2) is 0 Å². The fraction of sp³-hybridized carbons (Fsp3) is 0.231. The summed E-state index contributed by atoms with van der Waals surface area (Å²) in [7, 11) is 1.64. The summed E-state index contributed by atoms with van der Waals surface area (Å²) in [5.41, 5.74) is 0.857. The number of aliphatic hydroxyl groups is 1. The molecule has 3 heteroatoms. The summed E-state index contributed by atoms with van der Waals surface area (Å²) < 4.78 is 5.16. The van der Waals surface area contributed by atoms with Crippen molar-refractivity contribution >= 4 is 22.4 Å². The highest BCUT2D eigenvalue weighted by Gasteiger charge is 2.09. The molecule has 84 valence electrons. The normalized spacial score (nSPS) is 12.7. The van der Waals surface area contributed by atoms with Gasteiger partial charge in [-0.05, 0) is 28.5 Å². The molecule has 1 N–H and O–H groups in total. The number of benzene rings is 2. The van der Waals surface area contributed by atoms with Crippen LogP contribution in [0, 0.1) is 0 Å². The summed E-state index contributed by atoms with van der Waals surface area (Å²) in [6, 6.07) is 11.6. The van der Waals surface area contributed by atoms with Gasteiger partial charge in [0.05, 0.1) is 19.1 Å². The number of aliphatic hydroxyl groups excluding tert-OH is 1. The third-order valence-corrected chi connectivity index (χ3v) is 2.92. The molecule has 1 atom stereocenters. The second-order valence-electron chi connectivity index (χ2n) is 3.60. The van der Waals surface area contributed by atoms with Crippen molar-refractivity contribution in [2.75, 3.05) is 13.0 Å². The first-order valence-electron chi connectivity index (χ1n) is 5.07. The fourth-order valence-corrected chi connectivity index (χ4v) is 1.95. The predicted octanol–water partition coefficient (Wildman–Crippen LogP) is 3.12. The van der Waals surface area contributed by atoms with Crippen LogP contribution in [0.2, 0.25) is 0 Å². The second-order valence-corrected chi connectivity index (χ2v) is 3.91. The molecule has 0 aliphatic rings. The lowest BCUT2D eigenvalue weighted by Crippen LogP contribution is -1.99. The Morgan fingerprint density at radius 1 is 1.31 bits per heavy atom. The highest BCUT2D eigenvalue weighted by Crippen LogP contribution is 2.27. The van der Waals surface area contributed by atoms with Gasteiger partial charge in [0.2, 0.25) is 0 Å². The Morgan fingerprint density at radius 3 is 2.81 bits per heavy atom. The van der Waals surface area contributed by atoms with E-state index in [1.807, 2.05) is 36.4 Å². The van der Waals surface area contributed by atoms with Crippen LogP contribution in [0.1, 0.15) is 11.7 Å². The molecule has 0 heterocycles. The lowest BCUT2D eigenvalue weighted by Gasteiger charge is -2.11. The molecule has 0 unspecified atom stereocenters. The number of halogens is 1. The van der Waals surface area contributed by atoms with Crippen LogP contribution in [0.5, 0.6) is 5.75 Å². The minimum atomic E-state index is -0.626. The quantitative estimate of drug-likeness (QED) is 0.830. The van der Waals surface area contributed by atoms with Crippen LogP contribution in [0.15, 0.2) is 36.4 Å². The van der Waals surface area contributed by atoms with Crippen LogP contribution in [0.4, 0.5) is 0 Å². The molecule has 0 aliphatic carbocycles. The van der Waals surface area contributed by atoms with E-state index in [2.05, 4.69) is 0 Å². The molecule has 0 fully saturated rings. The summed E-state index contributed by atoms with van der Waals surface area (Å²) in [5.74, 6) is 1.01. The zero-order chi connectivity index (χ0) is 11.5. The smallest absolute Gasteiger partial charge is 0.119 e. The van der Waals surface area contributed by atoms with Gasteiger partial charge < -0.3 is 9.84 Å². The summed E-state index contributed by atoms with van der Waals surface area (Å²) in [6.45, 7) is 0. The van der Waals surface area contributed by atoms with E-state index in [9.17, 15) is 5.11 Å². The van der Waals surface area contributed by atoms with Crippen LogP contribution >= 0.6 is 11.6 Å². The number of fused-ring (bicyclic) bond motifs is 1. The molecule has 0 aliphatic heterocycles. The highest BCUT2D eigenvalue weighted by atomic mass is 35.5. The van der Waals surface area contributed by atoms with Gasteiger partial charge in [0.15, 0.2) is 0 Å². The van der Waals surface area contributed by atoms with E-state index in [-0.39, 0.29) is 5.88 Å². The summed E-state index contributed by atoms with van der Waals surface area (Å²) in [5, 5.41) is 11.8. The number of alkyl halides is 1. The Morgan fingerprint density at radius 2 is 2.12 bits per heavy atom. The first-order chi connectivity index (χ1) is 7.76. The number of hydrogen-bond donors (Lipinski definition) is 1. The third-order valence-electron chi connectivity index (χ3n) is 2.63. The minimum absolute atomic E-state index is 0.200. The monoisotopic (exact) mass is 236 g/mol. The largest absolute Gasteiger partial charge is 0.497 e. The van der Waals surface area contributed by atoms with E-state index in [0.29, 0.717) is 0 Å². The molecular formula is C13H13ClO2. The van der Waals surface area contributed by atoms with E-state index in [1.54, 1.807) is 7.11 Å². The van der Waals surface area contributed by atoms with Crippen molar-refractivity contribution in [2.45, 2.75) is 6.10 Å². The molecule has 2 rings (SSSR count). The lowest BCUT2D eigenvalue weighted by molar-refractivity contribution is 0.204. The van der Waals surface area contributed by atoms with Gasteiger partial charge in [0.25, 0.3) is 0 Å². The SMILES string of the molecule is COc1ccc2c([C@H](O)CCl)cccc2c1. The Hall–Kier alpha value is -1.25. The Bertz CT molecular complexity index is 496. The van der Waals surface area contributed by atoms with E-state index in [0.717, 1.165) is 22.1 Å². The molecule has 2 nitrogen and oxygen atoms in total. The third kappa shape index (κ3) is 1.99. The Kier molecular flexibility index (Phi) is 3.32. The second kappa shape index (κ2) is 4.73. The van der Waals surface area contributed by atoms with Crippen molar-refractivity contribution in [3.8, 4) is 5.75 Å². The molecule has 0 saturated carbocycles. The van der Waals surface area contributed by atoms with Gasteiger partial charge in [-0.1, -0.05) is 24.3 Å². The van der Waals surface area contributed by atoms with E-state index < -0.39 is 6.10 Å². The van der Waals surface area contributed by atoms with Gasteiger partial charge in [-0.15, -0.1) is 11.6 Å². The Balaban J connectivity index is 2.60. The van der Waals surface area contributed by atoms with E-state index >= 15 is 0 Å². The molecule has 0 radical (unpaired) electrons. The van der Waals surface area contributed by atoms with Crippen molar-refractivity contribution in [3.63, 3.8) is 0 Å². The number of ether oxygens (including phenoxy) is 1. The lowest BCUT2D eigenvalue weighted by atomic mass is 10.0. The van der Waals surface area contributed by atoms with Crippen molar-refractivity contribution in [1.29, 1.82) is 0 Å². The van der Waals surface area contributed by atoms with Crippen molar-refractivity contribution in [2.24, 2.45) is 0 Å². The number of rotatable bonds is 3. The van der Waals surface area contributed by atoms with Crippen LogP contribution in [-0.4, -0.2) is 18.1 Å². The predicted molar refractivity (Wildman–Crippen MR) is 66.2 cm³/mol. The number of hydrogen-bond acceptors (Lipinski definition) is 2. The molecule has 0 aromatic heterocycles. The highest BCUT2D eigenvalue weighted by molar-refractivity contribution is 6.18. The van der Waals surface area contributed by atoms with Gasteiger partial charge in [0.1, 0.15) is 5.75 Å². The maximum Gasteiger partial charge on any atom is 0.119 e. The summed E-state index contributed by atoms with van der Waals surface area (Å²) in [4.78, 5) is 0. The fourth-order valence-electron chi connectivity index (χ4n) is 1.79. The maximum absolute atomic E-state index is 9.79. The zero-order valence-electron chi connectivity index (χ0n) is 8.98. The van der Waals surface area contributed by atoms with Gasteiger partial charge in [-0.2, -0.15) is 0 Å². The van der Waals surface area contributed by atoms with Crippen molar-refractivity contribution in [3.05, 3.63) is 42.0 Å².